The fourth-order valence-electron chi connectivity index (χ4n) is 2.45. The smallest absolute Gasteiger partial charge is 0.0733 e. The van der Waals surface area contributed by atoms with Crippen LogP contribution in [0.5, 0.6) is 0 Å². The van der Waals surface area contributed by atoms with Crippen molar-refractivity contribution in [3.05, 3.63) is 0 Å². The highest BCUT2D eigenvalue weighted by Crippen LogP contribution is 2.28. The Morgan fingerprint density at radius 3 is 2.73 bits per heavy atom. The molecule has 15 heavy (non-hydrogen) atoms. The lowest BCUT2D eigenvalue weighted by Gasteiger charge is -2.24. The van der Waals surface area contributed by atoms with Gasteiger partial charge in [-0.15, -0.1) is 0 Å². The summed E-state index contributed by atoms with van der Waals surface area (Å²) in [6, 6.07) is 2.35. The zero-order valence-electron chi connectivity index (χ0n) is 9.15. The molecule has 2 unspecified atom stereocenters. The molecule has 0 aromatic carbocycles. The molecule has 3 heteroatoms. The predicted molar refractivity (Wildman–Crippen MR) is 56.2 cm³/mol. The second-order valence-corrected chi connectivity index (χ2v) is 4.59. The van der Waals surface area contributed by atoms with E-state index >= 15 is 0 Å². The van der Waals surface area contributed by atoms with E-state index in [0.717, 1.165) is 51.9 Å². The maximum atomic E-state index is 8.92. The highest BCUT2D eigenvalue weighted by atomic mass is 16.5. The summed E-state index contributed by atoms with van der Waals surface area (Å²) < 4.78 is 11.2. The summed E-state index contributed by atoms with van der Waals surface area (Å²) in [4.78, 5) is 0. The molecule has 1 aliphatic heterocycles. The van der Waals surface area contributed by atoms with Gasteiger partial charge in [0, 0.05) is 19.8 Å². The molecule has 0 bridgehead atoms. The van der Waals surface area contributed by atoms with Crippen LogP contribution in [0.2, 0.25) is 0 Å². The van der Waals surface area contributed by atoms with Crippen molar-refractivity contribution in [3.63, 3.8) is 0 Å². The zero-order chi connectivity index (χ0) is 10.5. The van der Waals surface area contributed by atoms with Crippen LogP contribution in [0.4, 0.5) is 0 Å². The van der Waals surface area contributed by atoms with Crippen molar-refractivity contribution in [3.8, 4) is 6.07 Å². The average molecular weight is 209 g/mol. The van der Waals surface area contributed by atoms with Gasteiger partial charge in [-0.25, -0.2) is 0 Å². The third-order valence-electron chi connectivity index (χ3n) is 3.51. The van der Waals surface area contributed by atoms with Gasteiger partial charge in [0.1, 0.15) is 0 Å². The van der Waals surface area contributed by atoms with E-state index in [1.54, 1.807) is 0 Å². The highest BCUT2D eigenvalue weighted by molar-refractivity contribution is 4.93. The highest BCUT2D eigenvalue weighted by Gasteiger charge is 2.28. The van der Waals surface area contributed by atoms with Crippen molar-refractivity contribution in [1.82, 2.24) is 0 Å². The maximum absolute atomic E-state index is 8.92. The first-order chi connectivity index (χ1) is 7.40. The molecule has 1 aliphatic carbocycles. The van der Waals surface area contributed by atoms with Crippen LogP contribution in [-0.4, -0.2) is 25.9 Å². The minimum absolute atomic E-state index is 0.143. The molecule has 2 rings (SSSR count). The van der Waals surface area contributed by atoms with Gasteiger partial charge in [-0.3, -0.25) is 0 Å². The summed E-state index contributed by atoms with van der Waals surface area (Å²) in [7, 11) is 0. The summed E-state index contributed by atoms with van der Waals surface area (Å²) in [6.45, 7) is 2.58. The third-order valence-corrected chi connectivity index (χ3v) is 3.51. The molecule has 0 amide bonds. The SMILES string of the molecule is N#CC1CCCC1OCC1CCOCC1. The van der Waals surface area contributed by atoms with Crippen molar-refractivity contribution in [1.29, 1.82) is 5.26 Å². The van der Waals surface area contributed by atoms with E-state index in [2.05, 4.69) is 6.07 Å². The zero-order valence-corrected chi connectivity index (χ0v) is 9.15. The van der Waals surface area contributed by atoms with Gasteiger partial charge >= 0.3 is 0 Å². The molecule has 2 fully saturated rings. The molecule has 1 saturated carbocycles. The summed E-state index contributed by atoms with van der Waals surface area (Å²) in [5.74, 6) is 0.795. The number of hydrogen-bond acceptors (Lipinski definition) is 3. The Kier molecular flexibility index (Phi) is 3.99. The fourth-order valence-corrected chi connectivity index (χ4v) is 2.45. The number of hydrogen-bond donors (Lipinski definition) is 0. The molecule has 0 aromatic heterocycles. The minimum Gasteiger partial charge on any atom is -0.381 e. The molecule has 0 spiro atoms. The van der Waals surface area contributed by atoms with E-state index in [-0.39, 0.29) is 12.0 Å². The Morgan fingerprint density at radius 2 is 2.00 bits per heavy atom. The monoisotopic (exact) mass is 209 g/mol. The van der Waals surface area contributed by atoms with Crippen LogP contribution in [-0.2, 0) is 9.47 Å². The van der Waals surface area contributed by atoms with E-state index in [4.69, 9.17) is 14.7 Å². The largest absolute Gasteiger partial charge is 0.381 e. The summed E-state index contributed by atoms with van der Waals surface area (Å²) in [5, 5.41) is 8.92. The van der Waals surface area contributed by atoms with Crippen LogP contribution in [0.25, 0.3) is 0 Å². The number of ether oxygens (including phenoxy) is 2. The van der Waals surface area contributed by atoms with E-state index < -0.39 is 0 Å². The standard InChI is InChI=1S/C12H19NO2/c13-8-11-2-1-3-12(11)15-9-10-4-6-14-7-5-10/h10-12H,1-7,9H2. The number of rotatable bonds is 3. The minimum atomic E-state index is 0.143. The van der Waals surface area contributed by atoms with Gasteiger partial charge in [-0.1, -0.05) is 0 Å². The van der Waals surface area contributed by atoms with Crippen LogP contribution < -0.4 is 0 Å². The molecular formula is C12H19NO2. The quantitative estimate of drug-likeness (QED) is 0.715. The van der Waals surface area contributed by atoms with E-state index in [1.807, 2.05) is 0 Å². The Balaban J connectivity index is 1.70. The Hall–Kier alpha value is -0.590. The van der Waals surface area contributed by atoms with Gasteiger partial charge in [0.15, 0.2) is 0 Å². The van der Waals surface area contributed by atoms with E-state index in [0.29, 0.717) is 5.92 Å². The van der Waals surface area contributed by atoms with E-state index in [1.165, 1.54) is 0 Å². The molecule has 0 N–H and O–H groups in total. The summed E-state index contributed by atoms with van der Waals surface area (Å²) in [6.07, 6.45) is 5.68. The van der Waals surface area contributed by atoms with Gasteiger partial charge in [-0.05, 0) is 38.0 Å². The number of nitrogens with zero attached hydrogens (tertiary/aromatic N) is 1. The molecule has 2 atom stereocenters. The lowest BCUT2D eigenvalue weighted by molar-refractivity contribution is -0.0166. The second-order valence-electron chi connectivity index (χ2n) is 4.59. The number of nitriles is 1. The van der Waals surface area contributed by atoms with Crippen molar-refractivity contribution in [2.45, 2.75) is 38.2 Å². The van der Waals surface area contributed by atoms with Crippen LogP contribution in [0.3, 0.4) is 0 Å². The average Bonchev–Trinajstić information content (AvgIpc) is 2.75. The van der Waals surface area contributed by atoms with Gasteiger partial charge in [0.2, 0.25) is 0 Å². The molecule has 0 radical (unpaired) electrons. The Morgan fingerprint density at radius 1 is 1.20 bits per heavy atom. The van der Waals surface area contributed by atoms with Gasteiger partial charge in [0.05, 0.1) is 18.1 Å². The molecule has 3 nitrogen and oxygen atoms in total. The van der Waals surface area contributed by atoms with Crippen molar-refractivity contribution in [2.24, 2.45) is 11.8 Å². The van der Waals surface area contributed by atoms with Crippen molar-refractivity contribution < 1.29 is 9.47 Å². The van der Waals surface area contributed by atoms with Crippen molar-refractivity contribution in [2.75, 3.05) is 19.8 Å². The van der Waals surface area contributed by atoms with Gasteiger partial charge in [0.25, 0.3) is 0 Å². The Bertz CT molecular complexity index is 230. The second kappa shape index (κ2) is 5.48. The summed E-state index contributed by atoms with van der Waals surface area (Å²) >= 11 is 0. The fraction of sp³-hybridized carbons (Fsp3) is 0.917. The molecular weight excluding hydrogens is 190 g/mol. The van der Waals surface area contributed by atoms with Crippen LogP contribution in [0.15, 0.2) is 0 Å². The van der Waals surface area contributed by atoms with Crippen LogP contribution in [0.1, 0.15) is 32.1 Å². The van der Waals surface area contributed by atoms with Crippen LogP contribution >= 0.6 is 0 Å². The maximum Gasteiger partial charge on any atom is 0.0733 e. The van der Waals surface area contributed by atoms with Crippen LogP contribution in [0, 0.1) is 23.2 Å². The molecule has 2 aliphatic rings. The lowest BCUT2D eigenvalue weighted by Crippen LogP contribution is -2.25. The molecule has 84 valence electrons. The Labute approximate surface area is 91.4 Å². The summed E-state index contributed by atoms with van der Waals surface area (Å²) in [5.41, 5.74) is 0. The first-order valence-electron chi connectivity index (χ1n) is 5.99. The first-order valence-corrected chi connectivity index (χ1v) is 5.99. The van der Waals surface area contributed by atoms with Crippen molar-refractivity contribution >= 4 is 0 Å². The topological polar surface area (TPSA) is 42.2 Å². The molecule has 0 aromatic rings. The van der Waals surface area contributed by atoms with Gasteiger partial charge < -0.3 is 9.47 Å². The predicted octanol–water partition coefficient (Wildman–Crippen LogP) is 2.12. The third kappa shape index (κ3) is 2.93. The first kappa shape index (κ1) is 10.9. The molecule has 1 heterocycles. The molecule has 1 saturated heterocycles. The van der Waals surface area contributed by atoms with Gasteiger partial charge in [-0.2, -0.15) is 5.26 Å². The lowest BCUT2D eigenvalue weighted by atomic mass is 10.0. The normalized spacial score (nSPS) is 32.7. The van der Waals surface area contributed by atoms with E-state index in [9.17, 15) is 0 Å².